The first-order chi connectivity index (χ1) is 10.1. The summed E-state index contributed by atoms with van der Waals surface area (Å²) in [5.74, 6) is 0. The summed E-state index contributed by atoms with van der Waals surface area (Å²) in [5.41, 5.74) is 0.413. The number of para-hydroxylation sites is 1. The van der Waals surface area contributed by atoms with E-state index in [4.69, 9.17) is 9.84 Å². The Labute approximate surface area is 124 Å². The number of nitrogens with zero attached hydrogens (tertiary/aromatic N) is 1. The van der Waals surface area contributed by atoms with Crippen molar-refractivity contribution in [2.24, 2.45) is 0 Å². The van der Waals surface area contributed by atoms with Crippen LogP contribution in [0, 0.1) is 0 Å². The van der Waals surface area contributed by atoms with Crippen LogP contribution in [0.1, 0.15) is 0 Å². The lowest BCUT2D eigenvalue weighted by molar-refractivity contribution is 0.0730. The molecule has 7 nitrogen and oxygen atoms in total. The van der Waals surface area contributed by atoms with Gasteiger partial charge in [-0.1, -0.05) is 12.1 Å². The van der Waals surface area contributed by atoms with E-state index >= 15 is 0 Å². The number of aliphatic hydroxyl groups is 2. The first kappa shape index (κ1) is 16.2. The Morgan fingerprint density at radius 3 is 2.62 bits per heavy atom. The van der Waals surface area contributed by atoms with Crippen LogP contribution in [0.15, 0.2) is 29.2 Å². The lowest BCUT2D eigenvalue weighted by Gasteiger charge is -2.27. The number of hydrogen-bond acceptors (Lipinski definition) is 6. The van der Waals surface area contributed by atoms with Crippen molar-refractivity contribution >= 4 is 15.7 Å². The van der Waals surface area contributed by atoms with Gasteiger partial charge in [-0.25, -0.2) is 8.42 Å². The lowest BCUT2D eigenvalue weighted by Crippen LogP contribution is -2.40. The number of benzene rings is 1. The summed E-state index contributed by atoms with van der Waals surface area (Å²) in [7, 11) is -3.60. The van der Waals surface area contributed by atoms with Gasteiger partial charge in [0.15, 0.2) is 0 Å². The third-order valence-corrected chi connectivity index (χ3v) is 5.17. The molecule has 118 valence electrons. The molecule has 1 aliphatic heterocycles. The Bertz CT molecular complexity index is 557. The lowest BCUT2D eigenvalue weighted by atomic mass is 10.3. The quantitative estimate of drug-likeness (QED) is 0.653. The minimum Gasteiger partial charge on any atom is -0.394 e. The van der Waals surface area contributed by atoms with Crippen molar-refractivity contribution < 1.29 is 23.4 Å². The van der Waals surface area contributed by atoms with E-state index in [1.54, 1.807) is 18.2 Å². The van der Waals surface area contributed by atoms with E-state index in [1.807, 2.05) is 0 Å². The average Bonchev–Trinajstić information content (AvgIpc) is 2.53. The van der Waals surface area contributed by atoms with E-state index in [0.717, 1.165) is 0 Å². The summed E-state index contributed by atoms with van der Waals surface area (Å²) in [6, 6.07) is 6.53. The molecule has 1 unspecified atom stereocenters. The van der Waals surface area contributed by atoms with Crippen molar-refractivity contribution in [3.63, 3.8) is 0 Å². The first-order valence-electron chi connectivity index (χ1n) is 6.75. The molecule has 0 spiro atoms. The Kier molecular flexibility index (Phi) is 5.54. The van der Waals surface area contributed by atoms with E-state index in [-0.39, 0.29) is 18.0 Å². The maximum absolute atomic E-state index is 12.6. The van der Waals surface area contributed by atoms with Gasteiger partial charge in [0.25, 0.3) is 0 Å². The van der Waals surface area contributed by atoms with Crippen LogP contribution < -0.4 is 5.32 Å². The Hall–Kier alpha value is -1.19. The number of ether oxygens (including phenoxy) is 1. The SMILES string of the molecule is O=S(=O)(c1ccccc1NCC(O)CO)N1CCOCC1. The standard InChI is InChI=1S/C13H20N2O5S/c16-10-11(17)9-14-12-3-1-2-4-13(12)21(18,19)15-5-7-20-8-6-15/h1-4,11,14,16-17H,5-10H2. The molecule has 0 saturated carbocycles. The van der Waals surface area contributed by atoms with Crippen molar-refractivity contribution in [2.75, 3.05) is 44.8 Å². The van der Waals surface area contributed by atoms with E-state index in [2.05, 4.69) is 5.32 Å². The molecule has 1 aromatic carbocycles. The van der Waals surface area contributed by atoms with Crippen molar-refractivity contribution in [3.05, 3.63) is 24.3 Å². The van der Waals surface area contributed by atoms with Crippen LogP contribution in [0.2, 0.25) is 0 Å². The highest BCUT2D eigenvalue weighted by atomic mass is 32.2. The maximum Gasteiger partial charge on any atom is 0.245 e. The molecule has 0 bridgehead atoms. The van der Waals surface area contributed by atoms with Gasteiger partial charge in [-0.05, 0) is 12.1 Å². The summed E-state index contributed by atoms with van der Waals surface area (Å²) in [5, 5.41) is 21.1. The monoisotopic (exact) mass is 316 g/mol. The summed E-state index contributed by atoms with van der Waals surface area (Å²) in [6.45, 7) is 1.12. The van der Waals surface area contributed by atoms with Crippen molar-refractivity contribution in [1.82, 2.24) is 4.31 Å². The van der Waals surface area contributed by atoms with E-state index in [9.17, 15) is 13.5 Å². The summed E-state index contributed by atoms with van der Waals surface area (Å²) >= 11 is 0. The molecule has 1 aromatic rings. The topological polar surface area (TPSA) is 99.1 Å². The van der Waals surface area contributed by atoms with Crippen LogP contribution in [0.5, 0.6) is 0 Å². The highest BCUT2D eigenvalue weighted by Crippen LogP contribution is 2.25. The second-order valence-electron chi connectivity index (χ2n) is 4.73. The molecule has 8 heteroatoms. The van der Waals surface area contributed by atoms with Crippen LogP contribution in [-0.4, -0.2) is 68.5 Å². The zero-order valence-electron chi connectivity index (χ0n) is 11.6. The summed E-state index contributed by atoms with van der Waals surface area (Å²) in [4.78, 5) is 0.164. The van der Waals surface area contributed by atoms with Gasteiger partial charge in [0.2, 0.25) is 10.0 Å². The van der Waals surface area contributed by atoms with E-state index in [0.29, 0.717) is 32.0 Å². The maximum atomic E-state index is 12.6. The van der Waals surface area contributed by atoms with Gasteiger partial charge in [-0.3, -0.25) is 0 Å². The number of morpholine rings is 1. The van der Waals surface area contributed by atoms with Gasteiger partial charge in [0, 0.05) is 19.6 Å². The zero-order chi connectivity index (χ0) is 15.3. The van der Waals surface area contributed by atoms with Crippen LogP contribution in [0.25, 0.3) is 0 Å². The average molecular weight is 316 g/mol. The minimum absolute atomic E-state index is 0.0755. The summed E-state index contributed by atoms with van der Waals surface area (Å²) < 4.78 is 31.8. The van der Waals surface area contributed by atoms with Gasteiger partial charge < -0.3 is 20.3 Å². The predicted molar refractivity (Wildman–Crippen MR) is 77.6 cm³/mol. The number of anilines is 1. The molecule has 0 aliphatic carbocycles. The number of rotatable bonds is 6. The third-order valence-electron chi connectivity index (χ3n) is 3.21. The Balaban J connectivity index is 2.21. The largest absolute Gasteiger partial charge is 0.394 e. The van der Waals surface area contributed by atoms with Gasteiger partial charge in [-0.2, -0.15) is 4.31 Å². The molecule has 1 fully saturated rings. The van der Waals surface area contributed by atoms with E-state index < -0.39 is 16.1 Å². The van der Waals surface area contributed by atoms with Crippen LogP contribution in [0.4, 0.5) is 5.69 Å². The highest BCUT2D eigenvalue weighted by molar-refractivity contribution is 7.89. The smallest absolute Gasteiger partial charge is 0.245 e. The molecule has 3 N–H and O–H groups in total. The van der Waals surface area contributed by atoms with Crippen molar-refractivity contribution in [3.8, 4) is 0 Å². The molecule has 21 heavy (non-hydrogen) atoms. The third kappa shape index (κ3) is 3.92. The van der Waals surface area contributed by atoms with E-state index in [1.165, 1.54) is 10.4 Å². The van der Waals surface area contributed by atoms with Gasteiger partial charge in [-0.15, -0.1) is 0 Å². The Morgan fingerprint density at radius 1 is 1.29 bits per heavy atom. The molecule has 1 heterocycles. The van der Waals surface area contributed by atoms with Crippen LogP contribution >= 0.6 is 0 Å². The second-order valence-corrected chi connectivity index (χ2v) is 6.64. The van der Waals surface area contributed by atoms with Crippen molar-refractivity contribution in [1.29, 1.82) is 0 Å². The fourth-order valence-electron chi connectivity index (χ4n) is 2.06. The molecule has 0 amide bonds. The first-order valence-corrected chi connectivity index (χ1v) is 8.19. The number of sulfonamides is 1. The predicted octanol–water partition coefficient (Wildman–Crippen LogP) is -0.527. The van der Waals surface area contributed by atoms with Gasteiger partial charge in [0.05, 0.1) is 31.6 Å². The van der Waals surface area contributed by atoms with Crippen LogP contribution in [0.3, 0.4) is 0 Å². The molecule has 1 atom stereocenters. The Morgan fingerprint density at radius 2 is 1.95 bits per heavy atom. The zero-order valence-corrected chi connectivity index (χ0v) is 12.4. The minimum atomic E-state index is -3.60. The fraction of sp³-hybridized carbons (Fsp3) is 0.538. The molecule has 0 aromatic heterocycles. The molecule has 1 aliphatic rings. The fourth-order valence-corrected chi connectivity index (χ4v) is 3.63. The van der Waals surface area contributed by atoms with Crippen LogP contribution in [-0.2, 0) is 14.8 Å². The summed E-state index contributed by atoms with van der Waals surface area (Å²) in [6.07, 6.45) is -0.941. The molecule has 2 rings (SSSR count). The molecule has 1 saturated heterocycles. The molecular formula is C13H20N2O5S. The number of aliphatic hydroxyl groups excluding tert-OH is 2. The van der Waals surface area contributed by atoms with Gasteiger partial charge in [0.1, 0.15) is 4.90 Å². The second kappa shape index (κ2) is 7.19. The number of hydrogen-bond donors (Lipinski definition) is 3. The highest BCUT2D eigenvalue weighted by Gasteiger charge is 2.28. The normalized spacial score (nSPS) is 18.4. The number of nitrogens with one attached hydrogen (secondary N) is 1. The van der Waals surface area contributed by atoms with Gasteiger partial charge >= 0.3 is 0 Å². The molecule has 0 radical (unpaired) electrons. The molecular weight excluding hydrogens is 296 g/mol. The van der Waals surface area contributed by atoms with Crippen molar-refractivity contribution in [2.45, 2.75) is 11.0 Å².